The SMILES string of the molecule is CSc1ccc(NC(=O)Nc2ccsc2)nc1. The van der Waals surface area contributed by atoms with Gasteiger partial charge in [-0.25, -0.2) is 9.78 Å². The summed E-state index contributed by atoms with van der Waals surface area (Å²) in [5, 5.41) is 9.15. The second kappa shape index (κ2) is 5.70. The van der Waals surface area contributed by atoms with Crippen LogP contribution in [0.1, 0.15) is 0 Å². The predicted octanol–water partition coefficient (Wildman–Crippen LogP) is 3.51. The van der Waals surface area contributed by atoms with E-state index in [2.05, 4.69) is 15.6 Å². The van der Waals surface area contributed by atoms with Crippen LogP contribution in [0.4, 0.5) is 16.3 Å². The first-order valence-electron chi connectivity index (χ1n) is 4.88. The first kappa shape index (κ1) is 11.9. The normalized spacial score (nSPS) is 9.94. The molecule has 0 saturated carbocycles. The van der Waals surface area contributed by atoms with E-state index >= 15 is 0 Å². The highest BCUT2D eigenvalue weighted by Crippen LogP contribution is 2.15. The summed E-state index contributed by atoms with van der Waals surface area (Å²) >= 11 is 3.14. The van der Waals surface area contributed by atoms with Crippen LogP contribution in [0.2, 0.25) is 0 Å². The summed E-state index contributed by atoms with van der Waals surface area (Å²) < 4.78 is 0. The van der Waals surface area contributed by atoms with Crippen molar-refractivity contribution >= 4 is 40.6 Å². The zero-order chi connectivity index (χ0) is 12.1. The van der Waals surface area contributed by atoms with Gasteiger partial charge in [0.2, 0.25) is 0 Å². The van der Waals surface area contributed by atoms with E-state index in [0.717, 1.165) is 10.6 Å². The van der Waals surface area contributed by atoms with Gasteiger partial charge in [0.25, 0.3) is 0 Å². The van der Waals surface area contributed by atoms with E-state index in [1.807, 2.05) is 29.1 Å². The van der Waals surface area contributed by atoms with Crippen LogP contribution in [0.15, 0.2) is 40.1 Å². The maximum Gasteiger partial charge on any atom is 0.324 e. The van der Waals surface area contributed by atoms with Crippen molar-refractivity contribution in [3.8, 4) is 0 Å². The van der Waals surface area contributed by atoms with Gasteiger partial charge in [-0.1, -0.05) is 0 Å². The average Bonchev–Trinajstić information content (AvgIpc) is 2.82. The molecule has 0 aliphatic heterocycles. The van der Waals surface area contributed by atoms with Gasteiger partial charge in [-0.05, 0) is 29.8 Å². The Morgan fingerprint density at radius 3 is 2.82 bits per heavy atom. The van der Waals surface area contributed by atoms with E-state index < -0.39 is 0 Å². The van der Waals surface area contributed by atoms with Gasteiger partial charge in [0.05, 0.1) is 5.69 Å². The van der Waals surface area contributed by atoms with Crippen LogP contribution in [0.5, 0.6) is 0 Å². The third-order valence-corrected chi connectivity index (χ3v) is 3.39. The molecule has 0 aromatic carbocycles. The van der Waals surface area contributed by atoms with Crippen molar-refractivity contribution in [3.63, 3.8) is 0 Å². The summed E-state index contributed by atoms with van der Waals surface area (Å²) in [4.78, 5) is 16.8. The largest absolute Gasteiger partial charge is 0.324 e. The number of carbonyl (C=O) groups is 1. The van der Waals surface area contributed by atoms with E-state index in [1.165, 1.54) is 11.3 Å². The first-order valence-corrected chi connectivity index (χ1v) is 7.05. The van der Waals surface area contributed by atoms with Crippen LogP contribution in [0, 0.1) is 0 Å². The van der Waals surface area contributed by atoms with Gasteiger partial charge in [0.15, 0.2) is 0 Å². The Labute approximate surface area is 107 Å². The minimum atomic E-state index is -0.284. The molecule has 2 aromatic rings. The topological polar surface area (TPSA) is 54.0 Å². The number of thioether (sulfide) groups is 1. The number of carbonyl (C=O) groups excluding carboxylic acids is 1. The molecular weight excluding hydrogens is 254 g/mol. The Kier molecular flexibility index (Phi) is 4.00. The van der Waals surface area contributed by atoms with Gasteiger partial charge in [0, 0.05) is 16.5 Å². The van der Waals surface area contributed by atoms with E-state index in [0.29, 0.717) is 5.82 Å². The Balaban J connectivity index is 1.93. The van der Waals surface area contributed by atoms with E-state index in [4.69, 9.17) is 0 Å². The molecule has 17 heavy (non-hydrogen) atoms. The molecule has 0 saturated heterocycles. The van der Waals surface area contributed by atoms with E-state index in [-0.39, 0.29) is 6.03 Å². The number of nitrogens with zero attached hydrogens (tertiary/aromatic N) is 1. The van der Waals surface area contributed by atoms with Crippen molar-refractivity contribution in [1.29, 1.82) is 0 Å². The molecule has 0 bridgehead atoms. The zero-order valence-electron chi connectivity index (χ0n) is 9.14. The maximum absolute atomic E-state index is 11.6. The minimum Gasteiger partial charge on any atom is -0.307 e. The number of rotatable bonds is 3. The lowest BCUT2D eigenvalue weighted by Crippen LogP contribution is -2.19. The van der Waals surface area contributed by atoms with E-state index in [1.54, 1.807) is 24.0 Å². The fraction of sp³-hybridized carbons (Fsp3) is 0.0909. The third-order valence-electron chi connectivity index (χ3n) is 1.99. The number of hydrogen-bond acceptors (Lipinski definition) is 4. The summed E-state index contributed by atoms with van der Waals surface area (Å²) in [5.41, 5.74) is 0.785. The van der Waals surface area contributed by atoms with Crippen LogP contribution in [0.3, 0.4) is 0 Å². The molecule has 2 N–H and O–H groups in total. The second-order valence-corrected chi connectivity index (χ2v) is 4.83. The fourth-order valence-electron chi connectivity index (χ4n) is 1.19. The quantitative estimate of drug-likeness (QED) is 0.835. The number of aromatic nitrogens is 1. The van der Waals surface area contributed by atoms with Gasteiger partial charge in [-0.15, -0.1) is 11.8 Å². The smallest absolute Gasteiger partial charge is 0.307 e. The summed E-state index contributed by atoms with van der Waals surface area (Å²) in [6.07, 6.45) is 3.71. The van der Waals surface area contributed by atoms with Gasteiger partial charge in [0.1, 0.15) is 5.82 Å². The molecule has 0 spiro atoms. The molecule has 2 aromatic heterocycles. The molecule has 0 radical (unpaired) electrons. The maximum atomic E-state index is 11.6. The van der Waals surface area contributed by atoms with Gasteiger partial charge in [-0.2, -0.15) is 11.3 Å². The Bertz CT molecular complexity index is 482. The summed E-state index contributed by atoms with van der Waals surface area (Å²) in [7, 11) is 0. The van der Waals surface area contributed by atoms with Crippen LogP contribution in [0.25, 0.3) is 0 Å². The van der Waals surface area contributed by atoms with Crippen molar-refractivity contribution < 1.29 is 4.79 Å². The number of urea groups is 1. The number of amides is 2. The Morgan fingerprint density at radius 2 is 2.24 bits per heavy atom. The Hall–Kier alpha value is -1.53. The minimum absolute atomic E-state index is 0.284. The number of thiophene rings is 1. The lowest BCUT2D eigenvalue weighted by Gasteiger charge is -2.05. The number of anilines is 2. The fourth-order valence-corrected chi connectivity index (χ4v) is 2.14. The Morgan fingerprint density at radius 1 is 1.35 bits per heavy atom. The highest BCUT2D eigenvalue weighted by atomic mass is 32.2. The van der Waals surface area contributed by atoms with Gasteiger partial charge >= 0.3 is 6.03 Å². The van der Waals surface area contributed by atoms with Crippen LogP contribution >= 0.6 is 23.1 Å². The first-order chi connectivity index (χ1) is 8.28. The van der Waals surface area contributed by atoms with Crippen molar-refractivity contribution in [2.45, 2.75) is 4.90 Å². The number of hydrogen-bond donors (Lipinski definition) is 2. The molecule has 4 nitrogen and oxygen atoms in total. The van der Waals surface area contributed by atoms with Crippen molar-refractivity contribution in [2.75, 3.05) is 16.9 Å². The highest BCUT2D eigenvalue weighted by molar-refractivity contribution is 7.98. The van der Waals surface area contributed by atoms with Crippen LogP contribution in [-0.4, -0.2) is 17.3 Å². The molecule has 0 aliphatic carbocycles. The molecule has 2 amide bonds. The molecule has 88 valence electrons. The molecule has 2 heterocycles. The standard InChI is InChI=1S/C11H11N3OS2/c1-16-9-2-3-10(12-6-9)14-11(15)13-8-4-5-17-7-8/h2-7H,1H3,(H2,12,13,14,15). The molecule has 0 atom stereocenters. The van der Waals surface area contributed by atoms with Crippen molar-refractivity contribution in [3.05, 3.63) is 35.2 Å². The molecule has 0 fully saturated rings. The average molecular weight is 265 g/mol. The summed E-state index contributed by atoms with van der Waals surface area (Å²) in [5.74, 6) is 0.538. The molecule has 6 heteroatoms. The van der Waals surface area contributed by atoms with Gasteiger partial charge < -0.3 is 5.32 Å². The monoisotopic (exact) mass is 265 g/mol. The summed E-state index contributed by atoms with van der Waals surface area (Å²) in [6, 6.07) is 5.25. The second-order valence-electron chi connectivity index (χ2n) is 3.17. The molecular formula is C11H11N3OS2. The van der Waals surface area contributed by atoms with Crippen LogP contribution < -0.4 is 10.6 Å². The van der Waals surface area contributed by atoms with E-state index in [9.17, 15) is 4.79 Å². The lowest BCUT2D eigenvalue weighted by molar-refractivity contribution is 0.262. The molecule has 0 aliphatic rings. The van der Waals surface area contributed by atoms with Crippen molar-refractivity contribution in [2.24, 2.45) is 0 Å². The van der Waals surface area contributed by atoms with Crippen molar-refractivity contribution in [1.82, 2.24) is 4.98 Å². The number of nitrogens with one attached hydrogen (secondary N) is 2. The third kappa shape index (κ3) is 3.47. The zero-order valence-corrected chi connectivity index (χ0v) is 10.8. The van der Waals surface area contributed by atoms with Crippen LogP contribution in [-0.2, 0) is 0 Å². The molecule has 0 unspecified atom stereocenters. The number of pyridine rings is 1. The lowest BCUT2D eigenvalue weighted by atomic mass is 10.4. The van der Waals surface area contributed by atoms with Gasteiger partial charge in [-0.3, -0.25) is 5.32 Å². The summed E-state index contributed by atoms with van der Waals surface area (Å²) in [6.45, 7) is 0. The predicted molar refractivity (Wildman–Crippen MR) is 73.0 cm³/mol. The highest BCUT2D eigenvalue weighted by Gasteiger charge is 2.03. The molecule has 2 rings (SSSR count).